The van der Waals surface area contributed by atoms with Gasteiger partial charge in [-0.15, -0.1) is 0 Å². The maximum absolute atomic E-state index is 6.15. The first-order valence-corrected chi connectivity index (χ1v) is 11.1. The minimum absolute atomic E-state index is 0.513. The van der Waals surface area contributed by atoms with E-state index in [0.717, 1.165) is 52.8 Å². The Hall–Kier alpha value is -1.22. The Bertz CT molecular complexity index is 667. The average Bonchev–Trinajstić information content (AvgIpc) is 2.63. The lowest BCUT2D eigenvalue weighted by Crippen LogP contribution is -2.06. The van der Waals surface area contributed by atoms with Crippen molar-refractivity contribution in [3.05, 3.63) is 35.9 Å². The van der Waals surface area contributed by atoms with Crippen molar-refractivity contribution in [1.82, 2.24) is 0 Å². The Morgan fingerprint density at radius 2 is 1.54 bits per heavy atom. The first kappa shape index (κ1) is 21.1. The molecule has 0 amide bonds. The average molecular weight is 421 g/mol. The Morgan fingerprint density at radius 1 is 0.885 bits per heavy atom. The van der Waals surface area contributed by atoms with Crippen molar-refractivity contribution in [2.24, 2.45) is 5.92 Å². The zero-order valence-corrected chi connectivity index (χ0v) is 18.1. The van der Waals surface area contributed by atoms with Crippen molar-refractivity contribution in [3.63, 3.8) is 0 Å². The molecule has 3 heteroatoms. The maximum atomic E-state index is 6.15. The summed E-state index contributed by atoms with van der Waals surface area (Å²) < 4.78 is 12.2. The molecule has 0 radical (unpaired) electrons. The second-order valence-corrected chi connectivity index (χ2v) is 8.22. The first-order chi connectivity index (χ1) is 12.6. The predicted octanol–water partition coefficient (Wildman–Crippen LogP) is 7.30. The first-order valence-electron chi connectivity index (χ1n) is 9.97. The highest BCUT2D eigenvalue weighted by Crippen LogP contribution is 2.36. The predicted molar refractivity (Wildman–Crippen MR) is 116 cm³/mol. The van der Waals surface area contributed by atoms with E-state index >= 15 is 0 Å². The van der Waals surface area contributed by atoms with Crippen LogP contribution in [0.3, 0.4) is 0 Å². The molecule has 2 aromatic carbocycles. The molecule has 2 nitrogen and oxygen atoms in total. The number of hydrogen-bond acceptors (Lipinski definition) is 2. The summed E-state index contributed by atoms with van der Waals surface area (Å²) in [6.45, 7) is 7.98. The van der Waals surface area contributed by atoms with Gasteiger partial charge in [0.2, 0.25) is 0 Å². The molecule has 0 saturated carbocycles. The van der Waals surface area contributed by atoms with Crippen LogP contribution in [0.25, 0.3) is 10.8 Å². The largest absolute Gasteiger partial charge is 0.493 e. The third kappa shape index (κ3) is 6.50. The van der Waals surface area contributed by atoms with Gasteiger partial charge in [-0.2, -0.15) is 0 Å². The zero-order chi connectivity index (χ0) is 18.8. The van der Waals surface area contributed by atoms with E-state index in [2.05, 4.69) is 67.0 Å². The van der Waals surface area contributed by atoms with Crippen molar-refractivity contribution >= 4 is 26.7 Å². The Morgan fingerprint density at radius 3 is 2.23 bits per heavy atom. The molecule has 26 heavy (non-hydrogen) atoms. The van der Waals surface area contributed by atoms with Crippen LogP contribution in [-0.2, 0) is 0 Å². The number of rotatable bonds is 12. The standard InChI is InChI=1S/C23H33BrO2/c1-18(2)17-26-23-19(3)16-22(20-12-8-9-13-21(20)23)25-15-11-7-5-4-6-10-14-24/h8-9,12-13,16,18H,4-7,10-11,14-15,17H2,1-3H3. The summed E-state index contributed by atoms with van der Waals surface area (Å²) in [5.74, 6) is 2.49. The number of aryl methyl sites for hydroxylation is 1. The fourth-order valence-electron chi connectivity index (χ4n) is 3.10. The van der Waals surface area contributed by atoms with Gasteiger partial charge in [0.1, 0.15) is 11.5 Å². The SMILES string of the molecule is Cc1cc(OCCCCCCCCBr)c2ccccc2c1OCC(C)C. The molecule has 0 aliphatic heterocycles. The van der Waals surface area contributed by atoms with Crippen molar-refractivity contribution in [2.75, 3.05) is 18.5 Å². The molecule has 0 unspecified atom stereocenters. The second-order valence-electron chi connectivity index (χ2n) is 7.43. The molecule has 0 aliphatic rings. The molecule has 0 spiro atoms. The fourth-order valence-corrected chi connectivity index (χ4v) is 3.49. The molecule has 2 aromatic rings. The summed E-state index contributed by atoms with van der Waals surface area (Å²) in [5.41, 5.74) is 1.15. The van der Waals surface area contributed by atoms with E-state index < -0.39 is 0 Å². The highest BCUT2D eigenvalue weighted by molar-refractivity contribution is 9.09. The molecular weight excluding hydrogens is 388 g/mol. The van der Waals surface area contributed by atoms with Crippen LogP contribution in [-0.4, -0.2) is 18.5 Å². The minimum Gasteiger partial charge on any atom is -0.493 e. The third-order valence-corrected chi connectivity index (χ3v) is 5.05. The number of ether oxygens (including phenoxy) is 2. The Labute approximate surface area is 167 Å². The molecule has 0 aromatic heterocycles. The van der Waals surface area contributed by atoms with Crippen molar-refractivity contribution in [3.8, 4) is 11.5 Å². The van der Waals surface area contributed by atoms with E-state index in [-0.39, 0.29) is 0 Å². The van der Waals surface area contributed by atoms with Gasteiger partial charge in [0, 0.05) is 16.1 Å². The van der Waals surface area contributed by atoms with E-state index in [9.17, 15) is 0 Å². The van der Waals surface area contributed by atoms with Gasteiger partial charge >= 0.3 is 0 Å². The normalized spacial score (nSPS) is 11.3. The van der Waals surface area contributed by atoms with Crippen LogP contribution in [0.4, 0.5) is 0 Å². The lowest BCUT2D eigenvalue weighted by Gasteiger charge is -2.17. The number of fused-ring (bicyclic) bond motifs is 1. The van der Waals surface area contributed by atoms with Crippen LogP contribution in [0.1, 0.15) is 57.9 Å². The van der Waals surface area contributed by atoms with Gasteiger partial charge < -0.3 is 9.47 Å². The quantitative estimate of drug-likeness (QED) is 0.264. The van der Waals surface area contributed by atoms with Crippen molar-refractivity contribution in [1.29, 1.82) is 0 Å². The molecule has 0 atom stereocenters. The van der Waals surface area contributed by atoms with E-state index in [1.54, 1.807) is 0 Å². The molecule has 0 heterocycles. The van der Waals surface area contributed by atoms with Crippen LogP contribution in [0, 0.1) is 12.8 Å². The topological polar surface area (TPSA) is 18.5 Å². The van der Waals surface area contributed by atoms with Gasteiger partial charge in [-0.25, -0.2) is 0 Å². The van der Waals surface area contributed by atoms with E-state index in [4.69, 9.17) is 9.47 Å². The van der Waals surface area contributed by atoms with Gasteiger partial charge in [-0.3, -0.25) is 0 Å². The maximum Gasteiger partial charge on any atom is 0.130 e. The molecule has 2 rings (SSSR count). The molecule has 0 N–H and O–H groups in total. The van der Waals surface area contributed by atoms with Crippen LogP contribution in [0.2, 0.25) is 0 Å². The van der Waals surface area contributed by atoms with Crippen LogP contribution >= 0.6 is 15.9 Å². The molecule has 0 saturated heterocycles. The second kappa shape index (κ2) is 11.5. The highest BCUT2D eigenvalue weighted by atomic mass is 79.9. The number of benzene rings is 2. The smallest absolute Gasteiger partial charge is 0.130 e. The van der Waals surface area contributed by atoms with E-state index in [1.165, 1.54) is 32.1 Å². The van der Waals surface area contributed by atoms with Crippen molar-refractivity contribution < 1.29 is 9.47 Å². The molecule has 0 aliphatic carbocycles. The number of hydrogen-bond donors (Lipinski definition) is 0. The fraction of sp³-hybridized carbons (Fsp3) is 0.565. The minimum atomic E-state index is 0.513. The molecule has 0 fully saturated rings. The number of halogens is 1. The summed E-state index contributed by atoms with van der Waals surface area (Å²) >= 11 is 3.49. The van der Waals surface area contributed by atoms with E-state index in [0.29, 0.717) is 5.92 Å². The van der Waals surface area contributed by atoms with Gasteiger partial charge in [0.15, 0.2) is 0 Å². The van der Waals surface area contributed by atoms with Crippen LogP contribution < -0.4 is 9.47 Å². The Balaban J connectivity index is 1.97. The molecular formula is C23H33BrO2. The Kier molecular flexibility index (Phi) is 9.31. The lowest BCUT2D eigenvalue weighted by atomic mass is 10.0. The molecule has 144 valence electrons. The summed E-state index contributed by atoms with van der Waals surface area (Å²) in [5, 5.41) is 3.42. The van der Waals surface area contributed by atoms with Crippen molar-refractivity contribution in [2.45, 2.75) is 59.3 Å². The van der Waals surface area contributed by atoms with Gasteiger partial charge in [0.05, 0.1) is 13.2 Å². The van der Waals surface area contributed by atoms with Gasteiger partial charge in [-0.05, 0) is 37.3 Å². The summed E-state index contributed by atoms with van der Waals surface area (Å²) in [6, 6.07) is 10.5. The van der Waals surface area contributed by atoms with Gasteiger partial charge in [0.25, 0.3) is 0 Å². The summed E-state index contributed by atoms with van der Waals surface area (Å²) in [4.78, 5) is 0. The highest BCUT2D eigenvalue weighted by Gasteiger charge is 2.12. The zero-order valence-electron chi connectivity index (χ0n) is 16.5. The molecule has 0 bridgehead atoms. The third-order valence-electron chi connectivity index (χ3n) is 4.49. The van der Waals surface area contributed by atoms with Crippen LogP contribution in [0.5, 0.6) is 11.5 Å². The van der Waals surface area contributed by atoms with E-state index in [1.807, 2.05) is 0 Å². The summed E-state index contributed by atoms with van der Waals surface area (Å²) in [7, 11) is 0. The van der Waals surface area contributed by atoms with Crippen LogP contribution in [0.15, 0.2) is 30.3 Å². The summed E-state index contributed by atoms with van der Waals surface area (Å²) in [6.07, 6.45) is 7.61. The number of unbranched alkanes of at least 4 members (excludes halogenated alkanes) is 5. The monoisotopic (exact) mass is 420 g/mol. The lowest BCUT2D eigenvalue weighted by molar-refractivity contribution is 0.271. The number of alkyl halides is 1. The van der Waals surface area contributed by atoms with Gasteiger partial charge in [-0.1, -0.05) is 79.7 Å².